The van der Waals surface area contributed by atoms with Crippen molar-refractivity contribution in [3.63, 3.8) is 0 Å². The van der Waals surface area contributed by atoms with E-state index in [1.165, 1.54) is 0 Å². The van der Waals surface area contributed by atoms with Gasteiger partial charge in [0.05, 0.1) is 19.8 Å². The van der Waals surface area contributed by atoms with Gasteiger partial charge in [0.25, 0.3) is 0 Å². The van der Waals surface area contributed by atoms with Gasteiger partial charge in [-0.05, 0) is 12.0 Å². The van der Waals surface area contributed by atoms with Crippen LogP contribution in [-0.2, 0) is 0 Å². The van der Waals surface area contributed by atoms with Crippen molar-refractivity contribution in [2.75, 3.05) is 14.2 Å². The fraction of sp³-hybridized carbons (Fsp3) is 0.417. The summed E-state index contributed by atoms with van der Waals surface area (Å²) in [5, 5.41) is 8.91. The van der Waals surface area contributed by atoms with Crippen molar-refractivity contribution in [2.24, 2.45) is 0 Å². The monoisotopic (exact) mass is 205 g/mol. The molecule has 0 saturated carbocycles. The number of benzene rings is 1. The van der Waals surface area contributed by atoms with Crippen molar-refractivity contribution < 1.29 is 9.47 Å². The van der Waals surface area contributed by atoms with Crippen molar-refractivity contribution in [1.82, 2.24) is 0 Å². The number of ether oxygens (including phenoxy) is 2. The molecule has 0 N–H and O–H groups in total. The fourth-order valence-corrected chi connectivity index (χ4v) is 1.46. The maximum atomic E-state index is 8.91. The fourth-order valence-electron chi connectivity index (χ4n) is 1.46. The van der Waals surface area contributed by atoms with Crippen LogP contribution < -0.4 is 9.47 Å². The van der Waals surface area contributed by atoms with Gasteiger partial charge >= 0.3 is 0 Å². The van der Waals surface area contributed by atoms with Gasteiger partial charge in [0.2, 0.25) is 0 Å². The van der Waals surface area contributed by atoms with E-state index in [1.54, 1.807) is 20.3 Å². The Balaban J connectivity index is 3.36. The van der Waals surface area contributed by atoms with Crippen molar-refractivity contribution in [3.8, 4) is 17.6 Å². The molecule has 3 nitrogen and oxygen atoms in total. The second-order valence-corrected chi connectivity index (χ2v) is 3.56. The molecule has 0 heterocycles. The second kappa shape index (κ2) is 4.70. The summed E-state index contributed by atoms with van der Waals surface area (Å²) in [5.41, 5.74) is 1.55. The molecule has 0 fully saturated rings. The Morgan fingerprint density at radius 3 is 2.13 bits per heavy atom. The number of hydrogen-bond donors (Lipinski definition) is 0. The van der Waals surface area contributed by atoms with Crippen molar-refractivity contribution in [3.05, 3.63) is 23.3 Å². The summed E-state index contributed by atoms with van der Waals surface area (Å²) in [5.74, 6) is 1.67. The molecule has 1 aromatic rings. The highest BCUT2D eigenvalue weighted by Gasteiger charge is 2.13. The molecule has 0 aromatic heterocycles. The van der Waals surface area contributed by atoms with Crippen molar-refractivity contribution in [1.29, 1.82) is 5.26 Å². The minimum absolute atomic E-state index is 0.335. The van der Waals surface area contributed by atoms with Crippen LogP contribution in [-0.4, -0.2) is 14.2 Å². The molecule has 3 heteroatoms. The average molecular weight is 205 g/mol. The van der Waals surface area contributed by atoms with Crippen LogP contribution in [0.3, 0.4) is 0 Å². The molecule has 0 amide bonds. The minimum atomic E-state index is 0.335. The van der Waals surface area contributed by atoms with Gasteiger partial charge in [0.15, 0.2) is 0 Å². The maximum absolute atomic E-state index is 8.91. The molecule has 1 rings (SSSR count). The number of nitriles is 1. The van der Waals surface area contributed by atoms with E-state index < -0.39 is 0 Å². The van der Waals surface area contributed by atoms with E-state index in [1.807, 2.05) is 6.07 Å². The third-order valence-corrected chi connectivity index (χ3v) is 2.29. The zero-order chi connectivity index (χ0) is 11.4. The summed E-state index contributed by atoms with van der Waals surface area (Å²) in [4.78, 5) is 0. The van der Waals surface area contributed by atoms with Crippen LogP contribution in [0.4, 0.5) is 0 Å². The predicted molar refractivity (Wildman–Crippen MR) is 58.4 cm³/mol. The number of rotatable bonds is 3. The molecule has 15 heavy (non-hydrogen) atoms. The maximum Gasteiger partial charge on any atom is 0.137 e. The second-order valence-electron chi connectivity index (χ2n) is 3.56. The van der Waals surface area contributed by atoms with Crippen molar-refractivity contribution in [2.45, 2.75) is 19.8 Å². The lowest BCUT2D eigenvalue weighted by molar-refractivity contribution is 0.396. The summed E-state index contributed by atoms with van der Waals surface area (Å²) in [6.07, 6.45) is 0. The van der Waals surface area contributed by atoms with Crippen LogP contribution in [0.15, 0.2) is 12.1 Å². The summed E-state index contributed by atoms with van der Waals surface area (Å²) >= 11 is 0. The topological polar surface area (TPSA) is 42.2 Å². The Labute approximate surface area is 90.2 Å². The standard InChI is InChI=1S/C12H15NO2/c1-8(2)10-6-11(14-3)9(7-13)5-12(10)15-4/h5-6,8H,1-4H3. The highest BCUT2D eigenvalue weighted by molar-refractivity contribution is 5.52. The van der Waals surface area contributed by atoms with E-state index in [9.17, 15) is 0 Å². The summed E-state index contributed by atoms with van der Waals surface area (Å²) < 4.78 is 10.4. The van der Waals surface area contributed by atoms with E-state index in [0.717, 1.165) is 11.3 Å². The Morgan fingerprint density at radius 1 is 1.13 bits per heavy atom. The van der Waals surface area contributed by atoms with Gasteiger partial charge in [0.1, 0.15) is 17.6 Å². The summed E-state index contributed by atoms with van der Waals surface area (Å²) in [6, 6.07) is 5.66. The molecule has 80 valence electrons. The van der Waals surface area contributed by atoms with E-state index in [4.69, 9.17) is 14.7 Å². The van der Waals surface area contributed by atoms with Gasteiger partial charge in [0, 0.05) is 11.6 Å². The van der Waals surface area contributed by atoms with Gasteiger partial charge in [-0.1, -0.05) is 13.8 Å². The Hall–Kier alpha value is -1.69. The smallest absolute Gasteiger partial charge is 0.137 e. The van der Waals surface area contributed by atoms with E-state index in [2.05, 4.69) is 19.9 Å². The Morgan fingerprint density at radius 2 is 1.73 bits per heavy atom. The van der Waals surface area contributed by atoms with Crippen LogP contribution in [0, 0.1) is 11.3 Å². The molecule has 0 atom stereocenters. The first-order chi connectivity index (χ1) is 7.13. The molecule has 0 saturated heterocycles. The molecule has 0 spiro atoms. The lowest BCUT2D eigenvalue weighted by Crippen LogP contribution is -1.98. The zero-order valence-corrected chi connectivity index (χ0v) is 9.50. The predicted octanol–water partition coefficient (Wildman–Crippen LogP) is 2.70. The first-order valence-electron chi connectivity index (χ1n) is 4.80. The minimum Gasteiger partial charge on any atom is -0.496 e. The van der Waals surface area contributed by atoms with Crippen molar-refractivity contribution >= 4 is 0 Å². The largest absolute Gasteiger partial charge is 0.496 e. The van der Waals surface area contributed by atoms with E-state index in [-0.39, 0.29) is 0 Å². The summed E-state index contributed by atoms with van der Waals surface area (Å²) in [7, 11) is 3.17. The molecular weight excluding hydrogens is 190 g/mol. The van der Waals surface area contributed by atoms with Gasteiger partial charge in [-0.3, -0.25) is 0 Å². The third kappa shape index (κ3) is 2.21. The van der Waals surface area contributed by atoms with Gasteiger partial charge in [-0.15, -0.1) is 0 Å². The molecular formula is C12H15NO2. The SMILES string of the molecule is COc1cc(C(C)C)c(OC)cc1C#N. The number of nitrogens with zero attached hydrogens (tertiary/aromatic N) is 1. The number of methoxy groups -OCH3 is 2. The summed E-state index contributed by atoms with van der Waals surface area (Å²) in [6.45, 7) is 4.15. The van der Waals surface area contributed by atoms with Gasteiger partial charge < -0.3 is 9.47 Å². The van der Waals surface area contributed by atoms with Crippen LogP contribution in [0.1, 0.15) is 30.9 Å². The highest BCUT2D eigenvalue weighted by atomic mass is 16.5. The third-order valence-electron chi connectivity index (χ3n) is 2.29. The molecule has 0 unspecified atom stereocenters. The first kappa shape index (κ1) is 11.4. The molecule has 1 aromatic carbocycles. The quantitative estimate of drug-likeness (QED) is 0.761. The zero-order valence-electron chi connectivity index (χ0n) is 9.50. The molecule has 0 aliphatic carbocycles. The molecule has 0 radical (unpaired) electrons. The van der Waals surface area contributed by atoms with Gasteiger partial charge in [-0.2, -0.15) is 5.26 Å². The normalized spacial score (nSPS) is 9.87. The number of hydrogen-bond acceptors (Lipinski definition) is 3. The lowest BCUT2D eigenvalue weighted by Gasteiger charge is -2.14. The van der Waals surface area contributed by atoms with Crippen LogP contribution in [0.2, 0.25) is 0 Å². The van der Waals surface area contributed by atoms with E-state index >= 15 is 0 Å². The first-order valence-corrected chi connectivity index (χ1v) is 4.80. The highest BCUT2D eigenvalue weighted by Crippen LogP contribution is 2.32. The van der Waals surface area contributed by atoms with Crippen LogP contribution >= 0.6 is 0 Å². The van der Waals surface area contributed by atoms with Gasteiger partial charge in [-0.25, -0.2) is 0 Å². The van der Waals surface area contributed by atoms with Crippen LogP contribution in [0.25, 0.3) is 0 Å². The molecule has 0 aliphatic rings. The van der Waals surface area contributed by atoms with E-state index in [0.29, 0.717) is 17.2 Å². The van der Waals surface area contributed by atoms with Crippen LogP contribution in [0.5, 0.6) is 11.5 Å². The molecule has 0 bridgehead atoms. The Bertz CT molecular complexity index is 391. The lowest BCUT2D eigenvalue weighted by atomic mass is 10.00. The average Bonchev–Trinajstić information content (AvgIpc) is 2.26. The molecule has 0 aliphatic heterocycles. The Kier molecular flexibility index (Phi) is 3.56.